The number of nitrogens with one attached hydrogen (secondary N) is 2. The summed E-state index contributed by atoms with van der Waals surface area (Å²) in [6.07, 6.45) is 3.65. The lowest BCUT2D eigenvalue weighted by molar-refractivity contribution is -0.132. The molecule has 9 heteroatoms. The highest BCUT2D eigenvalue weighted by Crippen LogP contribution is 2.25. The summed E-state index contributed by atoms with van der Waals surface area (Å²) in [4.78, 5) is 38.1. The minimum absolute atomic E-state index is 0.0121. The van der Waals surface area contributed by atoms with Crippen LogP contribution >= 0.6 is 15.9 Å². The van der Waals surface area contributed by atoms with Crippen LogP contribution in [0.1, 0.15) is 35.8 Å². The van der Waals surface area contributed by atoms with Crippen molar-refractivity contribution in [3.05, 3.63) is 52.8 Å². The molecule has 3 rings (SSSR count). The van der Waals surface area contributed by atoms with Crippen molar-refractivity contribution in [3.63, 3.8) is 0 Å². The van der Waals surface area contributed by atoms with Gasteiger partial charge in [0.2, 0.25) is 5.91 Å². The Bertz CT molecular complexity index is 889. The number of piperidine rings is 1. The predicted octanol–water partition coefficient (Wildman–Crippen LogP) is 3.41. The first-order chi connectivity index (χ1) is 14.5. The van der Waals surface area contributed by atoms with Crippen molar-refractivity contribution in [1.82, 2.24) is 14.8 Å². The number of hydrogen-bond donors (Lipinski definition) is 2. The third-order valence-corrected chi connectivity index (χ3v) is 5.64. The summed E-state index contributed by atoms with van der Waals surface area (Å²) in [5, 5.41) is 5.44. The number of ether oxygens (including phenoxy) is 1. The number of rotatable bonds is 6. The van der Waals surface area contributed by atoms with Crippen LogP contribution in [-0.4, -0.2) is 54.1 Å². The second-order valence-electron chi connectivity index (χ2n) is 7.04. The van der Waals surface area contributed by atoms with E-state index in [9.17, 15) is 14.4 Å². The Labute approximate surface area is 183 Å². The molecule has 1 saturated heterocycles. The Morgan fingerprint density at radius 3 is 2.50 bits per heavy atom. The van der Waals surface area contributed by atoms with Gasteiger partial charge in [-0.25, -0.2) is 9.59 Å². The first-order valence-electron chi connectivity index (χ1n) is 9.81. The maximum Gasteiger partial charge on any atom is 0.354 e. The van der Waals surface area contributed by atoms with Gasteiger partial charge in [0.05, 0.1) is 7.11 Å². The zero-order chi connectivity index (χ0) is 21.5. The van der Waals surface area contributed by atoms with E-state index in [1.807, 2.05) is 33.9 Å². The van der Waals surface area contributed by atoms with Crippen molar-refractivity contribution >= 4 is 39.5 Å². The average Bonchev–Trinajstić information content (AvgIpc) is 3.25. The number of likely N-dealkylation sites (tertiary alicyclic amines) is 1. The van der Waals surface area contributed by atoms with Crippen molar-refractivity contribution in [1.29, 1.82) is 0 Å². The predicted molar refractivity (Wildman–Crippen MR) is 116 cm³/mol. The highest BCUT2D eigenvalue weighted by molar-refractivity contribution is 9.10. The van der Waals surface area contributed by atoms with E-state index in [-0.39, 0.29) is 36.9 Å². The standard InChI is InChI=1S/C21H25BrN4O4/c1-30-20(28)18-3-2-12-26(18)17-9-13-25(14-10-17)19(27)8-11-23-21(29)24-16-6-4-15(22)5-7-16/h2-7,12,17H,8-11,13-14H2,1H3,(H2,23,24,29). The van der Waals surface area contributed by atoms with Crippen LogP contribution in [-0.2, 0) is 9.53 Å². The van der Waals surface area contributed by atoms with Crippen LogP contribution in [0.15, 0.2) is 47.1 Å². The normalized spacial score (nSPS) is 14.3. The van der Waals surface area contributed by atoms with Gasteiger partial charge in [-0.05, 0) is 49.2 Å². The summed E-state index contributed by atoms with van der Waals surface area (Å²) < 4.78 is 7.69. The first-order valence-corrected chi connectivity index (χ1v) is 10.6. The van der Waals surface area contributed by atoms with E-state index >= 15 is 0 Å². The van der Waals surface area contributed by atoms with Gasteiger partial charge in [0.25, 0.3) is 0 Å². The topological polar surface area (TPSA) is 92.7 Å². The molecule has 0 unspecified atom stereocenters. The summed E-state index contributed by atoms with van der Waals surface area (Å²) in [6, 6.07) is 10.6. The van der Waals surface area contributed by atoms with E-state index < -0.39 is 0 Å². The van der Waals surface area contributed by atoms with Crippen LogP contribution in [0.4, 0.5) is 10.5 Å². The lowest BCUT2D eigenvalue weighted by atomic mass is 10.0. The molecule has 30 heavy (non-hydrogen) atoms. The van der Waals surface area contributed by atoms with Crippen LogP contribution in [0, 0.1) is 0 Å². The van der Waals surface area contributed by atoms with Gasteiger partial charge in [-0.1, -0.05) is 15.9 Å². The Balaban J connectivity index is 1.40. The maximum atomic E-state index is 12.5. The third kappa shape index (κ3) is 5.63. The van der Waals surface area contributed by atoms with Gasteiger partial charge >= 0.3 is 12.0 Å². The fourth-order valence-electron chi connectivity index (χ4n) is 3.53. The van der Waals surface area contributed by atoms with Gasteiger partial charge in [0.15, 0.2) is 0 Å². The Kier molecular flexibility index (Phi) is 7.51. The van der Waals surface area contributed by atoms with E-state index in [1.54, 1.807) is 18.2 Å². The summed E-state index contributed by atoms with van der Waals surface area (Å²) in [6.45, 7) is 1.51. The van der Waals surface area contributed by atoms with E-state index in [2.05, 4.69) is 26.6 Å². The number of urea groups is 1. The molecule has 0 bridgehead atoms. The van der Waals surface area contributed by atoms with Gasteiger partial charge < -0.3 is 24.8 Å². The molecule has 0 spiro atoms. The zero-order valence-corrected chi connectivity index (χ0v) is 18.4. The second-order valence-corrected chi connectivity index (χ2v) is 7.96. The lowest BCUT2D eigenvalue weighted by Gasteiger charge is -2.33. The zero-order valence-electron chi connectivity index (χ0n) is 16.8. The van der Waals surface area contributed by atoms with Gasteiger partial charge in [0, 0.05) is 48.5 Å². The molecule has 0 aliphatic carbocycles. The van der Waals surface area contributed by atoms with Crippen molar-refractivity contribution in [2.45, 2.75) is 25.3 Å². The first kappa shape index (κ1) is 21.9. The van der Waals surface area contributed by atoms with E-state index in [1.165, 1.54) is 7.11 Å². The van der Waals surface area contributed by atoms with Gasteiger partial charge in [-0.15, -0.1) is 0 Å². The molecular weight excluding hydrogens is 452 g/mol. The van der Waals surface area contributed by atoms with Crippen LogP contribution < -0.4 is 10.6 Å². The summed E-state index contributed by atoms with van der Waals surface area (Å²) >= 11 is 3.34. The van der Waals surface area contributed by atoms with Crippen LogP contribution in [0.25, 0.3) is 0 Å². The van der Waals surface area contributed by atoms with Crippen LogP contribution in [0.2, 0.25) is 0 Å². The van der Waals surface area contributed by atoms with Gasteiger partial charge in [0.1, 0.15) is 5.69 Å². The largest absolute Gasteiger partial charge is 0.464 e. The molecule has 3 amide bonds. The number of anilines is 1. The molecule has 0 radical (unpaired) electrons. The summed E-state index contributed by atoms with van der Waals surface area (Å²) in [7, 11) is 1.37. The molecule has 8 nitrogen and oxygen atoms in total. The fourth-order valence-corrected chi connectivity index (χ4v) is 3.80. The number of esters is 1. The van der Waals surface area contributed by atoms with E-state index in [4.69, 9.17) is 4.74 Å². The lowest BCUT2D eigenvalue weighted by Crippen LogP contribution is -2.41. The molecule has 2 N–H and O–H groups in total. The number of carbonyl (C=O) groups excluding carboxylic acids is 3. The number of amides is 3. The molecule has 1 aromatic heterocycles. The highest BCUT2D eigenvalue weighted by Gasteiger charge is 2.25. The van der Waals surface area contributed by atoms with E-state index in [0.717, 1.165) is 17.3 Å². The molecule has 2 aromatic rings. The SMILES string of the molecule is COC(=O)c1cccn1C1CCN(C(=O)CCNC(=O)Nc2ccc(Br)cc2)CC1. The van der Waals surface area contributed by atoms with Crippen molar-refractivity contribution in [2.75, 3.05) is 32.1 Å². The number of nitrogens with zero attached hydrogens (tertiary/aromatic N) is 2. The molecule has 1 aromatic carbocycles. The monoisotopic (exact) mass is 476 g/mol. The van der Waals surface area contributed by atoms with Gasteiger partial charge in [-0.2, -0.15) is 0 Å². The van der Waals surface area contributed by atoms with E-state index in [0.29, 0.717) is 24.5 Å². The smallest absolute Gasteiger partial charge is 0.354 e. The minimum Gasteiger partial charge on any atom is -0.464 e. The molecule has 2 heterocycles. The summed E-state index contributed by atoms with van der Waals surface area (Å²) in [5.41, 5.74) is 1.21. The molecule has 1 aliphatic rings. The number of benzene rings is 1. The molecular formula is C21H25BrN4O4. The summed E-state index contributed by atoms with van der Waals surface area (Å²) in [5.74, 6) is -0.343. The maximum absolute atomic E-state index is 12.5. The Morgan fingerprint density at radius 2 is 1.83 bits per heavy atom. The Morgan fingerprint density at radius 1 is 1.13 bits per heavy atom. The van der Waals surface area contributed by atoms with Crippen LogP contribution in [0.3, 0.4) is 0 Å². The number of halogens is 1. The molecule has 160 valence electrons. The van der Waals surface area contributed by atoms with Gasteiger partial charge in [-0.3, -0.25) is 4.79 Å². The van der Waals surface area contributed by atoms with Crippen LogP contribution in [0.5, 0.6) is 0 Å². The van der Waals surface area contributed by atoms with Crippen molar-refractivity contribution in [3.8, 4) is 0 Å². The third-order valence-electron chi connectivity index (χ3n) is 5.11. The fraction of sp³-hybridized carbons (Fsp3) is 0.381. The molecule has 0 saturated carbocycles. The number of carbonyl (C=O) groups is 3. The molecule has 0 atom stereocenters. The molecule has 1 aliphatic heterocycles. The second kappa shape index (κ2) is 10.3. The number of hydrogen-bond acceptors (Lipinski definition) is 4. The van der Waals surface area contributed by atoms with Crippen molar-refractivity contribution in [2.24, 2.45) is 0 Å². The quantitative estimate of drug-likeness (QED) is 0.624. The number of aromatic nitrogens is 1. The van der Waals surface area contributed by atoms with Crippen molar-refractivity contribution < 1.29 is 19.1 Å². The highest BCUT2D eigenvalue weighted by atomic mass is 79.9. The minimum atomic E-state index is -0.356. The Hall–Kier alpha value is -2.81. The average molecular weight is 477 g/mol. The molecule has 1 fully saturated rings. The number of methoxy groups -OCH3 is 1.